The average Bonchev–Trinajstić information content (AvgIpc) is 3.18. The summed E-state index contributed by atoms with van der Waals surface area (Å²) in [6.07, 6.45) is 0. The number of rotatable bonds is 3. The summed E-state index contributed by atoms with van der Waals surface area (Å²) in [5.74, 6) is 0. The van der Waals surface area contributed by atoms with Crippen LogP contribution in [-0.2, 0) is 0 Å². The molecule has 0 aliphatic heterocycles. The first-order valence-electron chi connectivity index (χ1n) is 19.7. The first kappa shape index (κ1) is 36.7. The lowest BCUT2D eigenvalue weighted by molar-refractivity contribution is 1.69. The zero-order chi connectivity index (χ0) is 38.7. The van der Waals surface area contributed by atoms with E-state index in [2.05, 4.69) is 183 Å². The fraction of sp³-hybridized carbons (Fsp3) is 0. The molecule has 0 aliphatic carbocycles. The standard InChI is InChI=1S/C40H40B14/c41-27-18(16-12-6-10-13-7-4-5-11-15(13)16)22-26(34(48)40(54)37(51)31(22)45)25(28(27)42)19-23-20(29(43)35(49)38(52)32(23)46)17(14-8-2-1-3-9-14)21-24(19)33(47)39(53)36(50)30(21)44/h1-12H,41-54H2. The second-order valence-corrected chi connectivity index (χ2v) is 16.4. The van der Waals surface area contributed by atoms with Crippen LogP contribution in [0.25, 0.3) is 76.5 Å². The van der Waals surface area contributed by atoms with E-state index in [-0.39, 0.29) is 0 Å². The Morgan fingerprint density at radius 1 is 0.241 bits per heavy atom. The molecule has 0 unspecified atom stereocenters. The van der Waals surface area contributed by atoms with Crippen LogP contribution in [0.1, 0.15) is 0 Å². The summed E-state index contributed by atoms with van der Waals surface area (Å²) in [7, 11) is 33.1. The van der Waals surface area contributed by atoms with E-state index in [1.165, 1.54) is 153 Å². The van der Waals surface area contributed by atoms with Crippen molar-refractivity contribution < 1.29 is 0 Å². The molecule has 0 fully saturated rings. The summed E-state index contributed by atoms with van der Waals surface area (Å²) in [6.45, 7) is 0. The minimum absolute atomic E-state index is 1.28. The van der Waals surface area contributed by atoms with E-state index in [0.717, 1.165) is 0 Å². The Labute approximate surface area is 333 Å². The summed E-state index contributed by atoms with van der Waals surface area (Å²) >= 11 is 0. The average molecular weight is 672 g/mol. The monoisotopic (exact) mass is 674 g/mol. The Kier molecular flexibility index (Phi) is 8.95. The van der Waals surface area contributed by atoms with Gasteiger partial charge in [0.1, 0.15) is 110 Å². The van der Waals surface area contributed by atoms with E-state index in [1.807, 2.05) is 0 Å². The van der Waals surface area contributed by atoms with Crippen LogP contribution in [0.5, 0.6) is 0 Å². The first-order chi connectivity index (χ1) is 25.7. The van der Waals surface area contributed by atoms with E-state index < -0.39 is 0 Å². The maximum atomic E-state index is 2.41. The van der Waals surface area contributed by atoms with Crippen molar-refractivity contribution in [2.24, 2.45) is 0 Å². The van der Waals surface area contributed by atoms with Gasteiger partial charge in [0.25, 0.3) is 0 Å². The van der Waals surface area contributed by atoms with Crippen LogP contribution in [0.2, 0.25) is 0 Å². The lowest BCUT2D eigenvalue weighted by Gasteiger charge is -2.31. The fourth-order valence-corrected chi connectivity index (χ4v) is 10.0. The Morgan fingerprint density at radius 2 is 0.593 bits per heavy atom. The Hall–Kier alpha value is -4.29. The number of hydrogen-bond donors (Lipinski definition) is 0. The van der Waals surface area contributed by atoms with Gasteiger partial charge in [-0.15, -0.1) is 32.8 Å². The van der Waals surface area contributed by atoms with Crippen LogP contribution < -0.4 is 76.5 Å². The summed E-state index contributed by atoms with van der Waals surface area (Å²) in [6, 6.07) is 27.0. The van der Waals surface area contributed by atoms with E-state index in [9.17, 15) is 0 Å². The third kappa shape index (κ3) is 4.97. The van der Waals surface area contributed by atoms with Gasteiger partial charge in [-0.1, -0.05) is 116 Å². The predicted octanol–water partition coefficient (Wildman–Crippen LogP) is -13.1. The molecule has 0 heterocycles. The molecule has 0 saturated carbocycles. The molecule has 0 saturated heterocycles. The van der Waals surface area contributed by atoms with Crippen LogP contribution in [0, 0.1) is 0 Å². The first-order valence-corrected chi connectivity index (χ1v) is 19.7. The Morgan fingerprint density at radius 3 is 1.07 bits per heavy atom. The molecule has 8 aromatic rings. The van der Waals surface area contributed by atoms with Crippen molar-refractivity contribution in [1.82, 2.24) is 0 Å². The van der Waals surface area contributed by atoms with Crippen molar-refractivity contribution in [3.05, 3.63) is 72.8 Å². The zero-order valence-corrected chi connectivity index (χ0v) is 34.9. The normalized spacial score (nSPS) is 11.6. The summed E-state index contributed by atoms with van der Waals surface area (Å²) in [5.41, 5.74) is 27.6. The molecule has 0 radical (unpaired) electrons. The van der Waals surface area contributed by atoms with E-state index in [0.29, 0.717) is 0 Å². The van der Waals surface area contributed by atoms with Crippen LogP contribution in [0.4, 0.5) is 0 Å². The van der Waals surface area contributed by atoms with Crippen molar-refractivity contribution in [3.63, 3.8) is 0 Å². The van der Waals surface area contributed by atoms with E-state index in [4.69, 9.17) is 0 Å². The van der Waals surface area contributed by atoms with Crippen molar-refractivity contribution >= 4 is 229 Å². The molecule has 0 N–H and O–H groups in total. The molecule has 54 heavy (non-hydrogen) atoms. The molecule has 0 aromatic heterocycles. The Bertz CT molecular complexity index is 2890. The van der Waals surface area contributed by atoms with Crippen molar-refractivity contribution in [2.45, 2.75) is 0 Å². The maximum Gasteiger partial charge on any atom is 0.139 e. The van der Waals surface area contributed by atoms with Gasteiger partial charge in [-0.3, -0.25) is 0 Å². The van der Waals surface area contributed by atoms with E-state index in [1.54, 1.807) is 0 Å². The fourth-order valence-electron chi connectivity index (χ4n) is 10.0. The van der Waals surface area contributed by atoms with Gasteiger partial charge in [0.15, 0.2) is 0 Å². The number of benzene rings is 8. The molecule has 0 amide bonds. The van der Waals surface area contributed by atoms with E-state index >= 15 is 0 Å². The zero-order valence-electron chi connectivity index (χ0n) is 34.9. The quantitative estimate of drug-likeness (QED) is 0.130. The van der Waals surface area contributed by atoms with Gasteiger partial charge in [-0.2, -0.15) is 0 Å². The minimum atomic E-state index is 1.28. The van der Waals surface area contributed by atoms with Crippen molar-refractivity contribution in [2.75, 3.05) is 0 Å². The molecule has 8 aromatic carbocycles. The maximum absolute atomic E-state index is 2.41. The molecule has 0 aliphatic rings. The second kappa shape index (κ2) is 13.2. The molecule has 0 nitrogen and oxygen atoms in total. The molecular formula is C40H40B14. The van der Waals surface area contributed by atoms with Crippen molar-refractivity contribution in [1.29, 1.82) is 0 Å². The lowest BCUT2D eigenvalue weighted by Crippen LogP contribution is -2.50. The van der Waals surface area contributed by atoms with Gasteiger partial charge < -0.3 is 0 Å². The molecule has 0 bridgehead atoms. The Balaban J connectivity index is 1.76. The highest BCUT2D eigenvalue weighted by Gasteiger charge is 2.29. The molecule has 14 heteroatoms. The highest BCUT2D eigenvalue weighted by Crippen LogP contribution is 2.42. The van der Waals surface area contributed by atoms with Crippen LogP contribution >= 0.6 is 0 Å². The van der Waals surface area contributed by atoms with Crippen LogP contribution in [0.3, 0.4) is 0 Å². The highest BCUT2D eigenvalue weighted by molar-refractivity contribution is 6.73. The lowest BCUT2D eigenvalue weighted by atomic mass is 9.57. The van der Waals surface area contributed by atoms with Crippen molar-refractivity contribution in [3.8, 4) is 33.4 Å². The molecule has 242 valence electrons. The van der Waals surface area contributed by atoms with Gasteiger partial charge >= 0.3 is 0 Å². The number of fused-ring (bicyclic) bond motifs is 4. The third-order valence-electron chi connectivity index (χ3n) is 14.2. The molecule has 8 rings (SSSR count). The minimum Gasteiger partial charge on any atom is -0.101 e. The predicted molar refractivity (Wildman–Crippen MR) is 287 cm³/mol. The summed E-state index contributed by atoms with van der Waals surface area (Å²) in [4.78, 5) is 0. The van der Waals surface area contributed by atoms with Gasteiger partial charge in [-0.25, -0.2) is 0 Å². The smallest absolute Gasteiger partial charge is 0.101 e. The van der Waals surface area contributed by atoms with Gasteiger partial charge in [0.05, 0.1) is 0 Å². The second-order valence-electron chi connectivity index (χ2n) is 16.4. The molecule has 0 spiro atoms. The SMILES string of the molecule is Bc1c(B)c(B)c2c(-c3c4c(B)c(B)c(B)c(B)c4c(-c4ccccc4)c4c(B)c(B)c(B)c(B)c34)c(B)c(B)c(-c3cccc4ccccc34)c2c1B. The van der Waals surface area contributed by atoms with Crippen LogP contribution in [0.15, 0.2) is 72.8 Å². The molecule has 0 atom stereocenters. The highest BCUT2D eigenvalue weighted by atomic mass is 14.3. The van der Waals surface area contributed by atoms with Gasteiger partial charge in [0, 0.05) is 0 Å². The van der Waals surface area contributed by atoms with Crippen LogP contribution in [-0.4, -0.2) is 110 Å². The molecular weight excluding hydrogens is 632 g/mol. The summed E-state index contributed by atoms with van der Waals surface area (Å²) < 4.78 is 0. The largest absolute Gasteiger partial charge is 0.139 e. The summed E-state index contributed by atoms with van der Waals surface area (Å²) in [5, 5.41) is 11.0. The topological polar surface area (TPSA) is 0 Å². The van der Waals surface area contributed by atoms with Gasteiger partial charge in [0.2, 0.25) is 0 Å². The number of hydrogen-bond acceptors (Lipinski definition) is 0. The third-order valence-corrected chi connectivity index (χ3v) is 14.2. The van der Waals surface area contributed by atoms with Gasteiger partial charge in [-0.05, 0) is 76.5 Å².